The fraction of sp³-hybridized carbons (Fsp3) is 0.111. The first-order chi connectivity index (χ1) is 6.97. The normalized spacial score (nSPS) is 9.47. The lowest BCUT2D eigenvalue weighted by molar-refractivity contribution is -0.114. The molecule has 0 radical (unpaired) electrons. The SMILES string of the molecule is CC(=O)Nc1c(C#N)cc(Br)c(O)c1Br. The van der Waals surface area contributed by atoms with Crippen molar-refractivity contribution in [1.29, 1.82) is 5.26 Å². The van der Waals surface area contributed by atoms with Crippen LogP contribution in [0.2, 0.25) is 0 Å². The van der Waals surface area contributed by atoms with Gasteiger partial charge in [-0.25, -0.2) is 0 Å². The average Bonchev–Trinajstić information content (AvgIpc) is 2.18. The minimum atomic E-state index is -0.311. The zero-order chi connectivity index (χ0) is 11.6. The second-order valence-corrected chi connectivity index (χ2v) is 4.38. The molecule has 15 heavy (non-hydrogen) atoms. The van der Waals surface area contributed by atoms with E-state index in [1.54, 1.807) is 0 Å². The zero-order valence-corrected chi connectivity index (χ0v) is 10.8. The third kappa shape index (κ3) is 2.49. The van der Waals surface area contributed by atoms with Gasteiger partial charge in [-0.3, -0.25) is 4.79 Å². The monoisotopic (exact) mass is 332 g/mol. The van der Waals surface area contributed by atoms with Gasteiger partial charge in [0.05, 0.1) is 20.2 Å². The number of phenols is 1. The van der Waals surface area contributed by atoms with Gasteiger partial charge in [-0.05, 0) is 37.9 Å². The third-order valence-corrected chi connectivity index (χ3v) is 2.99. The molecule has 0 heterocycles. The fourth-order valence-electron chi connectivity index (χ4n) is 0.995. The highest BCUT2D eigenvalue weighted by molar-refractivity contribution is 9.11. The van der Waals surface area contributed by atoms with Gasteiger partial charge in [0, 0.05) is 6.92 Å². The van der Waals surface area contributed by atoms with Crippen LogP contribution in [0.5, 0.6) is 5.75 Å². The molecule has 1 aromatic carbocycles. The maximum atomic E-state index is 10.9. The second kappa shape index (κ2) is 4.64. The van der Waals surface area contributed by atoms with Crippen LogP contribution in [-0.2, 0) is 4.79 Å². The predicted octanol–water partition coefficient (Wildman–Crippen LogP) is 2.75. The topological polar surface area (TPSA) is 73.1 Å². The molecule has 4 nitrogen and oxygen atoms in total. The molecule has 2 N–H and O–H groups in total. The minimum absolute atomic E-state index is 0.0576. The van der Waals surface area contributed by atoms with E-state index in [-0.39, 0.29) is 27.4 Å². The molecule has 78 valence electrons. The first-order valence-electron chi connectivity index (χ1n) is 3.86. The van der Waals surface area contributed by atoms with Gasteiger partial charge in [-0.1, -0.05) is 0 Å². The molecule has 0 aliphatic rings. The van der Waals surface area contributed by atoms with Gasteiger partial charge in [-0.15, -0.1) is 0 Å². The van der Waals surface area contributed by atoms with E-state index in [9.17, 15) is 9.90 Å². The summed E-state index contributed by atoms with van der Waals surface area (Å²) < 4.78 is 0.670. The van der Waals surface area contributed by atoms with E-state index in [0.717, 1.165) is 0 Å². The number of anilines is 1. The quantitative estimate of drug-likeness (QED) is 0.830. The lowest BCUT2D eigenvalue weighted by Crippen LogP contribution is -2.08. The molecule has 0 saturated heterocycles. The van der Waals surface area contributed by atoms with E-state index in [1.165, 1.54) is 13.0 Å². The van der Waals surface area contributed by atoms with Crippen molar-refractivity contribution in [2.45, 2.75) is 6.92 Å². The molecule has 0 aromatic heterocycles. The molecular formula is C9H6Br2N2O2. The number of nitrogens with zero attached hydrogens (tertiary/aromatic N) is 1. The first kappa shape index (κ1) is 12.0. The third-order valence-electron chi connectivity index (χ3n) is 1.62. The van der Waals surface area contributed by atoms with Crippen LogP contribution in [0, 0.1) is 11.3 Å². The number of hydrogen-bond donors (Lipinski definition) is 2. The summed E-state index contributed by atoms with van der Waals surface area (Å²) in [7, 11) is 0. The highest BCUT2D eigenvalue weighted by atomic mass is 79.9. The highest BCUT2D eigenvalue weighted by Gasteiger charge is 2.15. The largest absolute Gasteiger partial charge is 0.505 e. The summed E-state index contributed by atoms with van der Waals surface area (Å²) in [6.45, 7) is 1.33. The molecule has 0 saturated carbocycles. The number of hydrogen-bond acceptors (Lipinski definition) is 3. The van der Waals surface area contributed by atoms with Crippen LogP contribution in [-0.4, -0.2) is 11.0 Å². The van der Waals surface area contributed by atoms with Crippen LogP contribution in [0.1, 0.15) is 12.5 Å². The maximum absolute atomic E-state index is 10.9. The Morgan fingerprint density at radius 2 is 2.20 bits per heavy atom. The standard InChI is InChI=1S/C9H6Br2N2O2/c1-4(14)13-8-5(3-12)2-6(10)9(15)7(8)11/h2,15H,1H3,(H,13,14). The Kier molecular flexibility index (Phi) is 3.72. The molecule has 0 aliphatic carbocycles. The lowest BCUT2D eigenvalue weighted by atomic mass is 10.2. The number of carbonyl (C=O) groups excluding carboxylic acids is 1. The Hall–Kier alpha value is -1.06. The summed E-state index contributed by atoms with van der Waals surface area (Å²) in [5, 5.41) is 20.9. The van der Waals surface area contributed by atoms with Crippen LogP contribution in [0.3, 0.4) is 0 Å². The van der Waals surface area contributed by atoms with E-state index in [0.29, 0.717) is 4.47 Å². The van der Waals surface area contributed by atoms with Crippen molar-refractivity contribution in [3.63, 3.8) is 0 Å². The first-order valence-corrected chi connectivity index (χ1v) is 5.44. The van der Waals surface area contributed by atoms with Crippen molar-refractivity contribution in [3.8, 4) is 11.8 Å². The number of halogens is 2. The lowest BCUT2D eigenvalue weighted by Gasteiger charge is -2.10. The molecule has 1 amide bonds. The van der Waals surface area contributed by atoms with E-state index in [4.69, 9.17) is 5.26 Å². The summed E-state index contributed by atoms with van der Waals surface area (Å²) in [5.41, 5.74) is 0.535. The van der Waals surface area contributed by atoms with Crippen LogP contribution in [0.25, 0.3) is 0 Å². The molecule has 1 rings (SSSR count). The van der Waals surface area contributed by atoms with Gasteiger partial charge in [0.1, 0.15) is 11.8 Å². The Bertz CT molecular complexity index is 466. The number of amides is 1. The number of nitrogens with one attached hydrogen (secondary N) is 1. The van der Waals surface area contributed by atoms with Crippen LogP contribution in [0.15, 0.2) is 15.0 Å². The predicted molar refractivity (Wildman–Crippen MR) is 62.5 cm³/mol. The molecule has 0 bridgehead atoms. The Balaban J connectivity index is 3.42. The van der Waals surface area contributed by atoms with Crippen LogP contribution >= 0.6 is 31.9 Å². The summed E-state index contributed by atoms with van der Waals surface area (Å²) in [5.74, 6) is -0.369. The maximum Gasteiger partial charge on any atom is 0.221 e. The van der Waals surface area contributed by atoms with Gasteiger partial charge in [0.15, 0.2) is 0 Å². The number of phenolic OH excluding ortho intramolecular Hbond substituents is 1. The molecule has 0 fully saturated rings. The fourth-order valence-corrected chi connectivity index (χ4v) is 2.21. The summed E-state index contributed by atoms with van der Waals surface area (Å²) in [6, 6.07) is 3.36. The summed E-state index contributed by atoms with van der Waals surface area (Å²) in [6.07, 6.45) is 0. The number of benzene rings is 1. The van der Waals surface area contributed by atoms with Crippen LogP contribution < -0.4 is 5.32 Å². The molecular weight excluding hydrogens is 328 g/mol. The minimum Gasteiger partial charge on any atom is -0.505 e. The Morgan fingerprint density at radius 3 is 2.67 bits per heavy atom. The van der Waals surface area contributed by atoms with Gasteiger partial charge in [-0.2, -0.15) is 5.26 Å². The van der Waals surface area contributed by atoms with E-state index in [2.05, 4.69) is 37.2 Å². The Labute approximate surface area is 103 Å². The molecule has 0 spiro atoms. The van der Waals surface area contributed by atoms with E-state index >= 15 is 0 Å². The number of rotatable bonds is 1. The highest BCUT2D eigenvalue weighted by Crippen LogP contribution is 2.40. The van der Waals surface area contributed by atoms with Crippen molar-refractivity contribution in [1.82, 2.24) is 0 Å². The van der Waals surface area contributed by atoms with Crippen LogP contribution in [0.4, 0.5) is 5.69 Å². The van der Waals surface area contributed by atoms with Crippen molar-refractivity contribution >= 4 is 43.5 Å². The molecule has 6 heteroatoms. The van der Waals surface area contributed by atoms with Gasteiger partial charge in [0.25, 0.3) is 0 Å². The summed E-state index contributed by atoms with van der Waals surface area (Å²) >= 11 is 6.20. The summed E-state index contributed by atoms with van der Waals surface area (Å²) in [4.78, 5) is 10.9. The van der Waals surface area contributed by atoms with Crippen molar-refractivity contribution in [3.05, 3.63) is 20.6 Å². The number of nitriles is 1. The smallest absolute Gasteiger partial charge is 0.221 e. The van der Waals surface area contributed by atoms with Gasteiger partial charge >= 0.3 is 0 Å². The molecule has 0 atom stereocenters. The Morgan fingerprint density at radius 1 is 1.60 bits per heavy atom. The number of aromatic hydroxyl groups is 1. The second-order valence-electron chi connectivity index (χ2n) is 2.74. The molecule has 1 aromatic rings. The average molecular weight is 334 g/mol. The van der Waals surface area contributed by atoms with Crippen molar-refractivity contribution in [2.75, 3.05) is 5.32 Å². The zero-order valence-electron chi connectivity index (χ0n) is 7.64. The number of carbonyl (C=O) groups is 1. The van der Waals surface area contributed by atoms with Gasteiger partial charge < -0.3 is 10.4 Å². The van der Waals surface area contributed by atoms with Gasteiger partial charge in [0.2, 0.25) is 5.91 Å². The molecule has 0 aliphatic heterocycles. The van der Waals surface area contributed by atoms with E-state index < -0.39 is 0 Å². The van der Waals surface area contributed by atoms with Crippen molar-refractivity contribution < 1.29 is 9.90 Å². The van der Waals surface area contributed by atoms with Crippen molar-refractivity contribution in [2.24, 2.45) is 0 Å². The molecule has 0 unspecified atom stereocenters. The van der Waals surface area contributed by atoms with E-state index in [1.807, 2.05) is 6.07 Å².